The normalized spacial score (nSPS) is 27.9. The molecule has 2 bridgehead atoms. The van der Waals surface area contributed by atoms with Gasteiger partial charge >= 0.3 is 0 Å². The Labute approximate surface area is 130 Å². The quantitative estimate of drug-likeness (QED) is 0.898. The predicted molar refractivity (Wildman–Crippen MR) is 85.7 cm³/mol. The van der Waals surface area contributed by atoms with E-state index < -0.39 is 0 Å². The fourth-order valence-electron chi connectivity index (χ4n) is 3.48. The van der Waals surface area contributed by atoms with E-state index >= 15 is 0 Å². The van der Waals surface area contributed by atoms with Crippen LogP contribution in [0.3, 0.4) is 0 Å². The molecule has 0 aromatic heterocycles. The molecule has 0 spiro atoms. The second-order valence-corrected chi connectivity index (χ2v) is 6.67. The number of piperidine rings is 1. The summed E-state index contributed by atoms with van der Waals surface area (Å²) in [5.41, 5.74) is 0.795. The molecule has 4 nitrogen and oxygen atoms in total. The number of hydrogen-bond acceptors (Lipinski definition) is 3. The number of anilines is 1. The van der Waals surface area contributed by atoms with Crippen molar-refractivity contribution in [2.75, 3.05) is 18.9 Å². The van der Waals surface area contributed by atoms with Crippen LogP contribution in [0.15, 0.2) is 24.3 Å². The summed E-state index contributed by atoms with van der Waals surface area (Å²) in [4.78, 5) is 14.3. The van der Waals surface area contributed by atoms with E-state index in [9.17, 15) is 4.79 Å². The molecule has 3 rings (SSSR count). The summed E-state index contributed by atoms with van der Waals surface area (Å²) >= 11 is 5.84. The fourth-order valence-corrected chi connectivity index (χ4v) is 3.60. The van der Waals surface area contributed by atoms with Gasteiger partial charge in [-0.15, -0.1) is 0 Å². The van der Waals surface area contributed by atoms with Crippen LogP contribution in [0.2, 0.25) is 5.02 Å². The molecule has 21 heavy (non-hydrogen) atoms. The van der Waals surface area contributed by atoms with E-state index in [2.05, 4.69) is 22.6 Å². The van der Waals surface area contributed by atoms with Crippen molar-refractivity contribution >= 4 is 23.2 Å². The van der Waals surface area contributed by atoms with E-state index in [1.165, 1.54) is 12.8 Å². The van der Waals surface area contributed by atoms with Crippen molar-refractivity contribution in [3.8, 4) is 0 Å². The predicted octanol–water partition coefficient (Wildman–Crippen LogP) is 2.49. The summed E-state index contributed by atoms with van der Waals surface area (Å²) in [7, 11) is 2.05. The fraction of sp³-hybridized carbons (Fsp3) is 0.562. The lowest BCUT2D eigenvalue weighted by atomic mass is 9.98. The second-order valence-electron chi connectivity index (χ2n) is 6.23. The highest BCUT2D eigenvalue weighted by molar-refractivity contribution is 6.30. The Balaban J connectivity index is 1.51. The topological polar surface area (TPSA) is 44.4 Å². The number of benzene rings is 1. The van der Waals surface area contributed by atoms with Crippen LogP contribution in [0, 0.1) is 0 Å². The van der Waals surface area contributed by atoms with Gasteiger partial charge in [0, 0.05) is 28.8 Å². The largest absolute Gasteiger partial charge is 0.325 e. The Hall–Kier alpha value is -1.10. The van der Waals surface area contributed by atoms with Crippen LogP contribution < -0.4 is 10.6 Å². The second kappa shape index (κ2) is 6.34. The summed E-state index contributed by atoms with van der Waals surface area (Å²) < 4.78 is 0. The van der Waals surface area contributed by atoms with E-state index in [0.29, 0.717) is 29.7 Å². The number of likely N-dealkylation sites (N-methyl/N-ethyl adjacent to an activating group) is 1. The van der Waals surface area contributed by atoms with Crippen LogP contribution >= 0.6 is 11.6 Å². The van der Waals surface area contributed by atoms with Crippen LogP contribution in [0.4, 0.5) is 5.69 Å². The van der Waals surface area contributed by atoms with Gasteiger partial charge < -0.3 is 10.6 Å². The summed E-state index contributed by atoms with van der Waals surface area (Å²) in [6, 6.07) is 9.03. The van der Waals surface area contributed by atoms with E-state index in [1.807, 2.05) is 12.1 Å². The zero-order chi connectivity index (χ0) is 14.8. The molecule has 1 aromatic carbocycles. The van der Waals surface area contributed by atoms with Gasteiger partial charge in [0.15, 0.2) is 0 Å². The molecule has 2 heterocycles. The zero-order valence-corrected chi connectivity index (χ0v) is 13.1. The molecule has 2 unspecified atom stereocenters. The van der Waals surface area contributed by atoms with Gasteiger partial charge in [-0.2, -0.15) is 0 Å². The van der Waals surface area contributed by atoms with Crippen molar-refractivity contribution < 1.29 is 4.79 Å². The number of nitrogens with zero attached hydrogens (tertiary/aromatic N) is 1. The smallest absolute Gasteiger partial charge is 0.238 e. The third kappa shape index (κ3) is 3.76. The standard InChI is InChI=1S/C16H22ClN3O/c1-20(15-8-13-6-7-14(9-15)18-13)10-16(21)19-12-4-2-11(17)3-5-12/h2-5,13-15,18H,6-10H2,1H3,(H,19,21). The molecule has 114 valence electrons. The van der Waals surface area contributed by atoms with Crippen LogP contribution in [0.5, 0.6) is 0 Å². The first-order valence-corrected chi connectivity index (χ1v) is 7.99. The van der Waals surface area contributed by atoms with Gasteiger partial charge in [0.25, 0.3) is 0 Å². The van der Waals surface area contributed by atoms with Gasteiger partial charge in [0.1, 0.15) is 0 Å². The van der Waals surface area contributed by atoms with Crippen molar-refractivity contribution in [2.24, 2.45) is 0 Å². The summed E-state index contributed by atoms with van der Waals surface area (Å²) in [6.45, 7) is 0.437. The maximum Gasteiger partial charge on any atom is 0.238 e. The maximum absolute atomic E-state index is 12.1. The molecule has 2 saturated heterocycles. The van der Waals surface area contributed by atoms with Gasteiger partial charge in [-0.25, -0.2) is 0 Å². The van der Waals surface area contributed by atoms with E-state index in [-0.39, 0.29) is 5.91 Å². The molecule has 2 N–H and O–H groups in total. The molecule has 0 radical (unpaired) electrons. The minimum Gasteiger partial charge on any atom is -0.325 e. The van der Waals surface area contributed by atoms with Crippen LogP contribution in [-0.2, 0) is 4.79 Å². The molecule has 5 heteroatoms. The minimum absolute atomic E-state index is 0.0331. The first kappa shape index (κ1) is 14.8. The number of amides is 1. The minimum atomic E-state index is 0.0331. The summed E-state index contributed by atoms with van der Waals surface area (Å²) in [5.74, 6) is 0.0331. The molecule has 2 atom stereocenters. The van der Waals surface area contributed by atoms with Gasteiger partial charge in [0.05, 0.1) is 6.54 Å². The van der Waals surface area contributed by atoms with Crippen molar-refractivity contribution in [1.82, 2.24) is 10.2 Å². The summed E-state index contributed by atoms with van der Waals surface area (Å²) in [6.07, 6.45) is 4.88. The van der Waals surface area contributed by atoms with Crippen molar-refractivity contribution in [3.05, 3.63) is 29.3 Å². The first-order valence-electron chi connectivity index (χ1n) is 7.62. The lowest BCUT2D eigenvalue weighted by Crippen LogP contribution is -2.48. The Morgan fingerprint density at radius 3 is 2.52 bits per heavy atom. The van der Waals surface area contributed by atoms with Crippen molar-refractivity contribution in [1.29, 1.82) is 0 Å². The van der Waals surface area contributed by atoms with Crippen molar-refractivity contribution in [2.45, 2.75) is 43.8 Å². The molecular formula is C16H22ClN3O. The number of nitrogens with one attached hydrogen (secondary N) is 2. The maximum atomic E-state index is 12.1. The average molecular weight is 308 g/mol. The molecule has 2 aliphatic heterocycles. The van der Waals surface area contributed by atoms with E-state index in [4.69, 9.17) is 11.6 Å². The highest BCUT2D eigenvalue weighted by Gasteiger charge is 2.35. The van der Waals surface area contributed by atoms with Gasteiger partial charge in [-0.05, 0) is 57.0 Å². The van der Waals surface area contributed by atoms with Gasteiger partial charge in [-0.3, -0.25) is 9.69 Å². The average Bonchev–Trinajstić information content (AvgIpc) is 2.80. The van der Waals surface area contributed by atoms with Crippen molar-refractivity contribution in [3.63, 3.8) is 0 Å². The first-order chi connectivity index (χ1) is 10.1. The highest BCUT2D eigenvalue weighted by Crippen LogP contribution is 2.29. The monoisotopic (exact) mass is 307 g/mol. The molecule has 0 aliphatic carbocycles. The van der Waals surface area contributed by atoms with Crippen LogP contribution in [0.1, 0.15) is 25.7 Å². The number of carbonyl (C=O) groups excluding carboxylic acids is 1. The Bertz CT molecular complexity index is 493. The Morgan fingerprint density at radius 2 is 1.90 bits per heavy atom. The molecule has 2 aliphatic rings. The van der Waals surface area contributed by atoms with Gasteiger partial charge in [-0.1, -0.05) is 11.6 Å². The number of fused-ring (bicyclic) bond motifs is 2. The molecule has 0 saturated carbocycles. The van der Waals surface area contributed by atoms with E-state index in [1.54, 1.807) is 12.1 Å². The molecule has 2 fully saturated rings. The number of halogens is 1. The third-order valence-electron chi connectivity index (χ3n) is 4.59. The van der Waals surface area contributed by atoms with Gasteiger partial charge in [0.2, 0.25) is 5.91 Å². The molecule has 1 amide bonds. The Kier molecular flexibility index (Phi) is 4.48. The molecular weight excluding hydrogens is 286 g/mol. The number of hydrogen-bond donors (Lipinski definition) is 2. The number of rotatable bonds is 4. The van der Waals surface area contributed by atoms with E-state index in [0.717, 1.165) is 18.5 Å². The lowest BCUT2D eigenvalue weighted by Gasteiger charge is -2.35. The Morgan fingerprint density at radius 1 is 1.29 bits per heavy atom. The van der Waals surface area contributed by atoms with Crippen LogP contribution in [-0.4, -0.2) is 42.5 Å². The summed E-state index contributed by atoms with van der Waals surface area (Å²) in [5, 5.41) is 7.23. The van der Waals surface area contributed by atoms with Crippen LogP contribution in [0.25, 0.3) is 0 Å². The zero-order valence-electron chi connectivity index (χ0n) is 12.3. The SMILES string of the molecule is CN(CC(=O)Nc1ccc(Cl)cc1)C1CC2CCC(C1)N2. The lowest BCUT2D eigenvalue weighted by molar-refractivity contribution is -0.117. The third-order valence-corrected chi connectivity index (χ3v) is 4.84. The number of carbonyl (C=O) groups is 1. The molecule has 1 aromatic rings. The highest BCUT2D eigenvalue weighted by atomic mass is 35.5.